The quantitative estimate of drug-likeness (QED) is 0.429. The molecule has 0 saturated carbocycles. The minimum Gasteiger partial charge on any atom is -0.356 e. The van der Waals surface area contributed by atoms with Crippen LogP contribution in [0.1, 0.15) is 33.1 Å². The lowest BCUT2D eigenvalue weighted by atomic mass is 10.00. The molecular formula is C13H28N4O2S. The molecule has 0 bridgehead atoms. The summed E-state index contributed by atoms with van der Waals surface area (Å²) in [6.45, 7) is 7.21. The molecule has 0 amide bonds. The van der Waals surface area contributed by atoms with Gasteiger partial charge < -0.3 is 10.2 Å². The highest BCUT2D eigenvalue weighted by atomic mass is 32.2. The van der Waals surface area contributed by atoms with Gasteiger partial charge in [-0.15, -0.1) is 0 Å². The van der Waals surface area contributed by atoms with E-state index in [0.717, 1.165) is 37.9 Å². The number of hydrogen-bond acceptors (Lipinski definition) is 3. The lowest BCUT2D eigenvalue weighted by Crippen LogP contribution is -2.45. The minimum absolute atomic E-state index is 0.133. The Labute approximate surface area is 123 Å². The molecule has 7 heteroatoms. The molecule has 6 nitrogen and oxygen atoms in total. The second-order valence-electron chi connectivity index (χ2n) is 5.29. The Hall–Kier alpha value is -0.820. The maximum Gasteiger partial charge on any atom is 0.211 e. The zero-order valence-corrected chi connectivity index (χ0v) is 13.7. The van der Waals surface area contributed by atoms with Crippen LogP contribution in [0.2, 0.25) is 0 Å². The zero-order chi connectivity index (χ0) is 15.0. The summed E-state index contributed by atoms with van der Waals surface area (Å²) in [4.78, 5) is 6.57. The van der Waals surface area contributed by atoms with Gasteiger partial charge in [0, 0.05) is 33.2 Å². The SMILES string of the molecule is CCS(=O)(=O)NCCCNC(=NC)N1CCC(C)CC1. The third-order valence-electron chi connectivity index (χ3n) is 3.63. The van der Waals surface area contributed by atoms with Crippen LogP contribution in [-0.2, 0) is 10.0 Å². The summed E-state index contributed by atoms with van der Waals surface area (Å²) in [6, 6.07) is 0. The lowest BCUT2D eigenvalue weighted by Gasteiger charge is -2.32. The highest BCUT2D eigenvalue weighted by Gasteiger charge is 2.18. The molecule has 1 heterocycles. The predicted molar refractivity (Wildman–Crippen MR) is 83.4 cm³/mol. The van der Waals surface area contributed by atoms with Crippen molar-refractivity contribution in [3.05, 3.63) is 0 Å². The van der Waals surface area contributed by atoms with Crippen LogP contribution in [0, 0.1) is 5.92 Å². The van der Waals surface area contributed by atoms with Crippen LogP contribution >= 0.6 is 0 Å². The van der Waals surface area contributed by atoms with Crippen LogP contribution in [0.3, 0.4) is 0 Å². The van der Waals surface area contributed by atoms with Gasteiger partial charge in [-0.3, -0.25) is 4.99 Å². The largest absolute Gasteiger partial charge is 0.356 e. The number of aliphatic imine (C=N–C) groups is 1. The molecule has 0 spiro atoms. The van der Waals surface area contributed by atoms with Crippen LogP contribution in [0.15, 0.2) is 4.99 Å². The number of nitrogens with zero attached hydrogens (tertiary/aromatic N) is 2. The Kier molecular flexibility index (Phi) is 7.29. The summed E-state index contributed by atoms with van der Waals surface area (Å²) in [7, 11) is -1.28. The van der Waals surface area contributed by atoms with E-state index in [1.807, 2.05) is 0 Å². The third kappa shape index (κ3) is 6.09. The fourth-order valence-corrected chi connectivity index (χ4v) is 2.83. The molecule has 0 aliphatic carbocycles. The van der Waals surface area contributed by atoms with Crippen molar-refractivity contribution in [1.82, 2.24) is 14.9 Å². The highest BCUT2D eigenvalue weighted by Crippen LogP contribution is 2.15. The van der Waals surface area contributed by atoms with E-state index in [9.17, 15) is 8.42 Å². The number of sulfonamides is 1. The maximum absolute atomic E-state index is 11.3. The Morgan fingerprint density at radius 1 is 1.30 bits per heavy atom. The number of piperidine rings is 1. The van der Waals surface area contributed by atoms with Crippen LogP contribution in [0.5, 0.6) is 0 Å². The molecule has 1 aliphatic heterocycles. The van der Waals surface area contributed by atoms with E-state index in [2.05, 4.69) is 26.9 Å². The van der Waals surface area contributed by atoms with Crippen molar-refractivity contribution in [1.29, 1.82) is 0 Å². The topological polar surface area (TPSA) is 73.8 Å². The molecule has 2 N–H and O–H groups in total. The molecule has 1 saturated heterocycles. The summed E-state index contributed by atoms with van der Waals surface area (Å²) in [6.07, 6.45) is 3.16. The first kappa shape index (κ1) is 17.2. The average molecular weight is 304 g/mol. The van der Waals surface area contributed by atoms with E-state index in [1.165, 1.54) is 12.8 Å². The first-order chi connectivity index (χ1) is 9.48. The summed E-state index contributed by atoms with van der Waals surface area (Å²) in [5.74, 6) is 1.86. The number of nitrogens with one attached hydrogen (secondary N) is 2. The molecule has 0 aromatic carbocycles. The second-order valence-corrected chi connectivity index (χ2v) is 7.39. The Morgan fingerprint density at radius 3 is 2.50 bits per heavy atom. The van der Waals surface area contributed by atoms with Gasteiger partial charge in [0.05, 0.1) is 5.75 Å². The van der Waals surface area contributed by atoms with Gasteiger partial charge in [-0.1, -0.05) is 6.92 Å². The molecular weight excluding hydrogens is 276 g/mol. The van der Waals surface area contributed by atoms with E-state index in [1.54, 1.807) is 14.0 Å². The average Bonchev–Trinajstić information content (AvgIpc) is 2.44. The molecule has 0 aromatic heterocycles. The molecule has 118 valence electrons. The summed E-state index contributed by atoms with van der Waals surface area (Å²) in [5, 5.41) is 3.30. The summed E-state index contributed by atoms with van der Waals surface area (Å²) in [5.41, 5.74) is 0. The molecule has 1 rings (SSSR count). The van der Waals surface area contributed by atoms with Crippen LogP contribution in [-0.4, -0.2) is 58.3 Å². The highest BCUT2D eigenvalue weighted by molar-refractivity contribution is 7.89. The van der Waals surface area contributed by atoms with Crippen molar-refractivity contribution in [3.63, 3.8) is 0 Å². The standard InChI is InChI=1S/C13H28N4O2S/c1-4-20(18,19)16-9-5-8-15-13(14-3)17-10-6-12(2)7-11-17/h12,16H,4-11H2,1-3H3,(H,14,15). The van der Waals surface area contributed by atoms with Crippen LogP contribution in [0.4, 0.5) is 0 Å². The van der Waals surface area contributed by atoms with Crippen molar-refractivity contribution >= 4 is 16.0 Å². The Bertz CT molecular complexity index is 401. The monoisotopic (exact) mass is 304 g/mol. The number of guanidine groups is 1. The first-order valence-corrected chi connectivity index (χ1v) is 9.06. The van der Waals surface area contributed by atoms with Gasteiger partial charge in [-0.25, -0.2) is 13.1 Å². The van der Waals surface area contributed by atoms with Gasteiger partial charge in [0.2, 0.25) is 10.0 Å². The van der Waals surface area contributed by atoms with Crippen molar-refractivity contribution < 1.29 is 8.42 Å². The molecule has 0 aromatic rings. The van der Waals surface area contributed by atoms with Gasteiger partial charge in [-0.2, -0.15) is 0 Å². The van der Waals surface area contributed by atoms with Crippen molar-refractivity contribution in [2.24, 2.45) is 10.9 Å². The van der Waals surface area contributed by atoms with E-state index < -0.39 is 10.0 Å². The molecule has 20 heavy (non-hydrogen) atoms. The van der Waals surface area contributed by atoms with E-state index >= 15 is 0 Å². The van der Waals surface area contributed by atoms with Crippen molar-refractivity contribution in [2.75, 3.05) is 39.0 Å². The fourth-order valence-electron chi connectivity index (χ4n) is 2.17. The fraction of sp³-hybridized carbons (Fsp3) is 0.923. The Balaban J connectivity index is 2.22. The van der Waals surface area contributed by atoms with Gasteiger partial charge in [0.25, 0.3) is 0 Å². The Morgan fingerprint density at radius 2 is 1.95 bits per heavy atom. The number of hydrogen-bond donors (Lipinski definition) is 2. The molecule has 0 unspecified atom stereocenters. The molecule has 0 radical (unpaired) electrons. The van der Waals surface area contributed by atoms with E-state index in [-0.39, 0.29) is 5.75 Å². The molecule has 1 fully saturated rings. The minimum atomic E-state index is -3.07. The zero-order valence-electron chi connectivity index (χ0n) is 12.9. The van der Waals surface area contributed by atoms with Crippen molar-refractivity contribution in [2.45, 2.75) is 33.1 Å². The maximum atomic E-state index is 11.3. The van der Waals surface area contributed by atoms with Gasteiger partial charge >= 0.3 is 0 Å². The van der Waals surface area contributed by atoms with Gasteiger partial charge in [0.15, 0.2) is 5.96 Å². The summed E-state index contributed by atoms with van der Waals surface area (Å²) < 4.78 is 25.1. The predicted octanol–water partition coefficient (Wildman–Crippen LogP) is 0.623. The first-order valence-electron chi connectivity index (χ1n) is 7.41. The normalized spacial score (nSPS) is 18.4. The van der Waals surface area contributed by atoms with E-state index in [0.29, 0.717) is 6.54 Å². The van der Waals surface area contributed by atoms with Crippen molar-refractivity contribution in [3.8, 4) is 0 Å². The van der Waals surface area contributed by atoms with E-state index in [4.69, 9.17) is 0 Å². The van der Waals surface area contributed by atoms with Crippen LogP contribution < -0.4 is 10.0 Å². The van der Waals surface area contributed by atoms with Crippen LogP contribution in [0.25, 0.3) is 0 Å². The molecule has 0 atom stereocenters. The number of rotatable bonds is 6. The smallest absolute Gasteiger partial charge is 0.211 e. The summed E-state index contributed by atoms with van der Waals surface area (Å²) >= 11 is 0. The van der Waals surface area contributed by atoms with Gasteiger partial charge in [0.1, 0.15) is 0 Å². The lowest BCUT2D eigenvalue weighted by molar-refractivity contribution is 0.273. The van der Waals surface area contributed by atoms with Gasteiger partial charge in [-0.05, 0) is 32.1 Å². The molecule has 1 aliphatic rings. The second kappa shape index (κ2) is 8.46. The number of likely N-dealkylation sites (tertiary alicyclic amines) is 1. The third-order valence-corrected chi connectivity index (χ3v) is 5.04.